The summed E-state index contributed by atoms with van der Waals surface area (Å²) in [6, 6.07) is 0. The summed E-state index contributed by atoms with van der Waals surface area (Å²) in [4.78, 5) is 12.8. The zero-order valence-electron chi connectivity index (χ0n) is 15.3. The van der Waals surface area contributed by atoms with Gasteiger partial charge in [0.2, 0.25) is 0 Å². The molecule has 2 heterocycles. The second-order valence-corrected chi connectivity index (χ2v) is 7.23. The van der Waals surface area contributed by atoms with Crippen molar-refractivity contribution >= 4 is 5.91 Å². The van der Waals surface area contributed by atoms with Gasteiger partial charge in [0, 0.05) is 37.7 Å². The molecule has 7 nitrogen and oxygen atoms in total. The van der Waals surface area contributed by atoms with Gasteiger partial charge in [-0.15, -0.1) is 0 Å². The summed E-state index contributed by atoms with van der Waals surface area (Å²) in [5, 5.41) is 16.9. The molecule has 2 N–H and O–H groups in total. The van der Waals surface area contributed by atoms with Crippen molar-refractivity contribution in [1.29, 1.82) is 0 Å². The first-order chi connectivity index (χ1) is 11.3. The van der Waals surface area contributed by atoms with Gasteiger partial charge in [-0.25, -0.2) is 0 Å². The molecule has 0 aliphatic carbocycles. The number of carbonyl (C=O) groups excluding carboxylic acids is 1. The number of rotatable bonds is 7. The van der Waals surface area contributed by atoms with Crippen LogP contribution in [-0.4, -0.2) is 53.8 Å². The van der Waals surface area contributed by atoms with E-state index in [1.54, 1.807) is 11.8 Å². The molecule has 1 aromatic heterocycles. The van der Waals surface area contributed by atoms with Crippen LogP contribution in [-0.2, 0) is 22.4 Å². The van der Waals surface area contributed by atoms with Gasteiger partial charge in [-0.3, -0.25) is 9.48 Å². The minimum Gasteiger partial charge on any atom is -0.396 e. The van der Waals surface area contributed by atoms with Gasteiger partial charge in [-0.2, -0.15) is 5.10 Å². The highest BCUT2D eigenvalue weighted by atomic mass is 16.5. The number of methoxy groups -OCH3 is 1. The molecule has 1 aliphatic heterocycles. The number of carbonyl (C=O) groups is 1. The molecule has 0 radical (unpaired) electrons. The zero-order valence-corrected chi connectivity index (χ0v) is 15.3. The second-order valence-electron chi connectivity index (χ2n) is 7.23. The quantitative estimate of drug-likeness (QED) is 0.782. The Morgan fingerprint density at radius 1 is 1.50 bits per heavy atom. The number of fused-ring (bicyclic) bond motifs is 1. The molecule has 0 bridgehead atoms. The predicted molar refractivity (Wildman–Crippen MR) is 90.0 cm³/mol. The molecule has 0 saturated heterocycles. The lowest BCUT2D eigenvalue weighted by molar-refractivity contribution is -0.00717. The van der Waals surface area contributed by atoms with Crippen LogP contribution in [0.4, 0.5) is 0 Å². The molecule has 24 heavy (non-hydrogen) atoms. The lowest BCUT2D eigenvalue weighted by Crippen LogP contribution is -2.37. The molecule has 0 fully saturated rings. The maximum Gasteiger partial charge on any atom is 0.269 e. The van der Waals surface area contributed by atoms with Crippen molar-refractivity contribution in [1.82, 2.24) is 15.1 Å². The fourth-order valence-corrected chi connectivity index (χ4v) is 2.85. The first kappa shape index (κ1) is 18.9. The van der Waals surface area contributed by atoms with E-state index in [1.165, 1.54) is 0 Å². The highest BCUT2D eigenvalue weighted by Crippen LogP contribution is 2.31. The van der Waals surface area contributed by atoms with Gasteiger partial charge in [-0.05, 0) is 13.8 Å². The summed E-state index contributed by atoms with van der Waals surface area (Å²) in [5.41, 5.74) is 2.00. The minimum absolute atomic E-state index is 0.0102. The first-order valence-corrected chi connectivity index (χ1v) is 8.42. The van der Waals surface area contributed by atoms with E-state index in [4.69, 9.17) is 9.47 Å². The fraction of sp³-hybridized carbons (Fsp3) is 0.765. The topological polar surface area (TPSA) is 85.6 Å². The number of nitrogens with one attached hydrogen (secondary N) is 1. The predicted octanol–water partition coefficient (Wildman–Crippen LogP) is 1.30. The van der Waals surface area contributed by atoms with Crippen LogP contribution in [0.5, 0.6) is 0 Å². The number of hydrogen-bond donors (Lipinski definition) is 2. The number of amides is 1. The maximum absolute atomic E-state index is 12.8. The van der Waals surface area contributed by atoms with E-state index in [0.29, 0.717) is 31.8 Å². The van der Waals surface area contributed by atoms with Crippen LogP contribution in [0.3, 0.4) is 0 Å². The molecule has 0 spiro atoms. The Balaban J connectivity index is 2.30. The van der Waals surface area contributed by atoms with Crippen molar-refractivity contribution in [2.24, 2.45) is 5.41 Å². The zero-order chi connectivity index (χ0) is 17.9. The van der Waals surface area contributed by atoms with Gasteiger partial charge >= 0.3 is 0 Å². The smallest absolute Gasteiger partial charge is 0.269 e. The molecule has 1 aromatic rings. The average Bonchev–Trinajstić information content (AvgIpc) is 2.89. The van der Waals surface area contributed by atoms with Gasteiger partial charge < -0.3 is 19.9 Å². The van der Waals surface area contributed by atoms with Crippen molar-refractivity contribution < 1.29 is 19.4 Å². The number of aromatic nitrogens is 2. The summed E-state index contributed by atoms with van der Waals surface area (Å²) in [6.45, 7) is 9.17. The van der Waals surface area contributed by atoms with E-state index in [-0.39, 0.29) is 30.1 Å². The molecular weight excluding hydrogens is 310 g/mol. The molecule has 2 atom stereocenters. The van der Waals surface area contributed by atoms with E-state index in [0.717, 1.165) is 11.3 Å². The van der Waals surface area contributed by atoms with E-state index in [9.17, 15) is 9.90 Å². The summed E-state index contributed by atoms with van der Waals surface area (Å²) >= 11 is 0. The molecule has 1 amide bonds. The van der Waals surface area contributed by atoms with Gasteiger partial charge in [0.05, 0.1) is 31.1 Å². The number of aliphatic hydroxyl groups excluding tert-OH is 1. The van der Waals surface area contributed by atoms with Crippen molar-refractivity contribution in [2.75, 3.05) is 26.9 Å². The highest BCUT2D eigenvalue weighted by molar-refractivity contribution is 5.94. The number of ether oxygens (including phenoxy) is 2. The Labute approximate surface area is 143 Å². The minimum atomic E-state index is -0.364. The molecule has 136 valence electrons. The third-order valence-corrected chi connectivity index (χ3v) is 4.27. The molecule has 0 saturated carbocycles. The molecule has 2 rings (SSSR count). The summed E-state index contributed by atoms with van der Waals surface area (Å²) in [7, 11) is 1.63. The number of aliphatic hydroxyl groups is 1. The summed E-state index contributed by atoms with van der Waals surface area (Å²) < 4.78 is 12.7. The van der Waals surface area contributed by atoms with Crippen LogP contribution >= 0.6 is 0 Å². The number of hydrogen-bond acceptors (Lipinski definition) is 5. The molecule has 0 aromatic carbocycles. The van der Waals surface area contributed by atoms with Gasteiger partial charge in [0.1, 0.15) is 5.69 Å². The molecule has 1 aliphatic rings. The Kier molecular flexibility index (Phi) is 6.01. The van der Waals surface area contributed by atoms with Crippen molar-refractivity contribution in [2.45, 2.75) is 52.9 Å². The van der Waals surface area contributed by atoms with Crippen molar-refractivity contribution in [3.8, 4) is 0 Å². The standard InChI is InChI=1S/C17H29N3O4/c1-11-8-13-14(12(2)24-11)19-20(6-7-23-5)15(13)16(22)18-9-17(3,4)10-21/h11-12,21H,6-10H2,1-5H3,(H,18,22)/t11-,12+/m0/s1. The summed E-state index contributed by atoms with van der Waals surface area (Å²) in [6.07, 6.45) is 0.583. The van der Waals surface area contributed by atoms with Crippen LogP contribution < -0.4 is 5.32 Å². The van der Waals surface area contributed by atoms with E-state index in [1.807, 2.05) is 27.7 Å². The first-order valence-electron chi connectivity index (χ1n) is 8.42. The molecular formula is C17H29N3O4. The van der Waals surface area contributed by atoms with Crippen LogP contribution in [0.2, 0.25) is 0 Å². The molecule has 7 heteroatoms. The Hall–Kier alpha value is -1.44. The van der Waals surface area contributed by atoms with E-state index < -0.39 is 0 Å². The SMILES string of the molecule is COCCn1nc2c(c1C(=O)NCC(C)(C)CO)C[C@H](C)O[C@@H]2C. The lowest BCUT2D eigenvalue weighted by Gasteiger charge is -2.25. The second kappa shape index (κ2) is 7.63. The van der Waals surface area contributed by atoms with Crippen molar-refractivity contribution in [3.05, 3.63) is 17.0 Å². The van der Waals surface area contributed by atoms with Gasteiger partial charge in [0.25, 0.3) is 5.91 Å². The van der Waals surface area contributed by atoms with Crippen LogP contribution in [0.1, 0.15) is 55.5 Å². The van der Waals surface area contributed by atoms with Crippen LogP contribution in [0, 0.1) is 5.41 Å². The number of nitrogens with zero attached hydrogens (tertiary/aromatic N) is 2. The Morgan fingerprint density at radius 3 is 2.83 bits per heavy atom. The normalized spacial score (nSPS) is 20.8. The third kappa shape index (κ3) is 4.15. The van der Waals surface area contributed by atoms with Gasteiger partial charge in [0.15, 0.2) is 0 Å². The fourth-order valence-electron chi connectivity index (χ4n) is 2.85. The largest absolute Gasteiger partial charge is 0.396 e. The van der Waals surface area contributed by atoms with Gasteiger partial charge in [-0.1, -0.05) is 13.8 Å². The Morgan fingerprint density at radius 2 is 2.21 bits per heavy atom. The van der Waals surface area contributed by atoms with E-state index in [2.05, 4.69) is 10.4 Å². The van der Waals surface area contributed by atoms with Crippen molar-refractivity contribution in [3.63, 3.8) is 0 Å². The monoisotopic (exact) mass is 339 g/mol. The molecule has 0 unspecified atom stereocenters. The highest BCUT2D eigenvalue weighted by Gasteiger charge is 2.32. The maximum atomic E-state index is 12.8. The average molecular weight is 339 g/mol. The van der Waals surface area contributed by atoms with E-state index >= 15 is 0 Å². The lowest BCUT2D eigenvalue weighted by atomic mass is 9.94. The summed E-state index contributed by atoms with van der Waals surface area (Å²) in [5.74, 6) is -0.164. The Bertz CT molecular complexity index is 583. The van der Waals surface area contributed by atoms with Crippen LogP contribution in [0.25, 0.3) is 0 Å². The van der Waals surface area contributed by atoms with Crippen LogP contribution in [0.15, 0.2) is 0 Å². The third-order valence-electron chi connectivity index (χ3n) is 4.27.